The van der Waals surface area contributed by atoms with Crippen LogP contribution in [-0.2, 0) is 23.9 Å². The number of rotatable bonds is 13. The number of allylic oxidation sites excluding steroid dienone is 8. The fourth-order valence-electron chi connectivity index (χ4n) is 2.37. The molecule has 0 saturated heterocycles. The van der Waals surface area contributed by atoms with Crippen molar-refractivity contribution in [1.82, 2.24) is 0 Å². The average Bonchev–Trinajstić information content (AvgIpc) is 2.63. The lowest BCUT2D eigenvalue weighted by Gasteiger charge is -2.03. The first-order chi connectivity index (χ1) is 13.7. The number of hydrogen-bond donors (Lipinski definition) is 0. The Labute approximate surface area is 174 Å². The summed E-state index contributed by atoms with van der Waals surface area (Å²) in [6.07, 6.45) is 16.1. The van der Waals surface area contributed by atoms with Gasteiger partial charge in [0, 0.05) is 13.8 Å². The Kier molecular flexibility index (Phi) is 14.8. The summed E-state index contributed by atoms with van der Waals surface area (Å²) in [6.45, 7) is 8.92. The van der Waals surface area contributed by atoms with Gasteiger partial charge >= 0.3 is 11.9 Å². The Morgan fingerprint density at radius 3 is 1.90 bits per heavy atom. The van der Waals surface area contributed by atoms with E-state index in [1.54, 1.807) is 6.08 Å². The van der Waals surface area contributed by atoms with Crippen LogP contribution in [0.2, 0.25) is 0 Å². The maximum Gasteiger partial charge on any atom is 0.307 e. The van der Waals surface area contributed by atoms with E-state index in [-0.39, 0.29) is 0 Å². The molecule has 0 aliphatic heterocycles. The maximum atomic E-state index is 11.3. The van der Waals surface area contributed by atoms with Crippen LogP contribution in [0, 0.1) is 0 Å². The first-order valence-corrected chi connectivity index (χ1v) is 9.87. The maximum absolute atomic E-state index is 11.3. The molecule has 0 rings (SSSR count). The summed E-state index contributed by atoms with van der Waals surface area (Å²) in [7, 11) is 0. The van der Waals surface area contributed by atoms with Gasteiger partial charge in [-0.3, -0.25) is 14.4 Å². The van der Waals surface area contributed by atoms with Crippen molar-refractivity contribution in [1.29, 1.82) is 0 Å². The minimum atomic E-state index is -0.431. The van der Waals surface area contributed by atoms with E-state index in [9.17, 15) is 14.4 Å². The largest absolute Gasteiger partial charge is 0.435 e. The van der Waals surface area contributed by atoms with Crippen molar-refractivity contribution in [2.75, 3.05) is 0 Å². The summed E-state index contributed by atoms with van der Waals surface area (Å²) in [6, 6.07) is 0. The van der Waals surface area contributed by atoms with Gasteiger partial charge in [0.25, 0.3) is 0 Å². The molecule has 0 fully saturated rings. The molecule has 0 amide bonds. The Balaban J connectivity index is 4.66. The Morgan fingerprint density at radius 2 is 1.31 bits per heavy atom. The lowest BCUT2D eigenvalue weighted by molar-refractivity contribution is -0.136. The Bertz CT molecular complexity index is 686. The highest BCUT2D eigenvalue weighted by molar-refractivity contribution is 5.73. The second-order valence-corrected chi connectivity index (χ2v) is 7.06. The molecule has 0 aromatic rings. The fourth-order valence-corrected chi connectivity index (χ4v) is 2.37. The van der Waals surface area contributed by atoms with E-state index in [2.05, 4.69) is 32.9 Å². The van der Waals surface area contributed by atoms with Crippen LogP contribution in [0.15, 0.2) is 59.1 Å². The summed E-state index contributed by atoms with van der Waals surface area (Å²) >= 11 is 0. The molecule has 5 heteroatoms. The smallest absolute Gasteiger partial charge is 0.307 e. The summed E-state index contributed by atoms with van der Waals surface area (Å²) in [5.41, 5.74) is 4.08. The highest BCUT2D eigenvalue weighted by Gasteiger charge is 1.99. The molecule has 160 valence electrons. The molecule has 0 heterocycles. The predicted octanol–water partition coefficient (Wildman–Crippen LogP) is 5.89. The van der Waals surface area contributed by atoms with Gasteiger partial charge in [-0.15, -0.1) is 0 Å². The second kappa shape index (κ2) is 16.3. The van der Waals surface area contributed by atoms with Gasteiger partial charge in [0.05, 0.1) is 12.5 Å². The standard InChI is InChI=1S/C24H34O5/c1-19(2)9-6-10-20(3)11-7-12-23(17-25)13-8-14-24(18-29-22(5)27)15-16-28-21(4)26/h9,11,13,15-18H,6-8,10,12,14H2,1-5H3/b16-15+,20-11+,23-13-,24-18+. The third kappa shape index (κ3) is 17.2. The van der Waals surface area contributed by atoms with E-state index in [0.29, 0.717) is 24.8 Å². The number of carbonyl (C=O) groups excluding carboxylic acids is 3. The van der Waals surface area contributed by atoms with Gasteiger partial charge in [-0.2, -0.15) is 0 Å². The van der Waals surface area contributed by atoms with E-state index in [0.717, 1.165) is 31.1 Å². The van der Waals surface area contributed by atoms with Crippen LogP contribution >= 0.6 is 0 Å². The normalized spacial score (nSPS) is 12.7. The van der Waals surface area contributed by atoms with Crippen molar-refractivity contribution in [3.8, 4) is 0 Å². The van der Waals surface area contributed by atoms with Gasteiger partial charge < -0.3 is 9.47 Å². The second-order valence-electron chi connectivity index (χ2n) is 7.06. The third-order valence-electron chi connectivity index (χ3n) is 3.90. The molecule has 0 bridgehead atoms. The minimum Gasteiger partial charge on any atom is -0.435 e. The molecular formula is C24H34O5. The topological polar surface area (TPSA) is 69.7 Å². The quantitative estimate of drug-likeness (QED) is 0.0959. The minimum absolute atomic E-state index is 0.430. The summed E-state index contributed by atoms with van der Waals surface area (Å²) in [5.74, 6) is -0.861. The molecule has 0 aliphatic rings. The number of ether oxygens (including phenoxy) is 2. The van der Waals surface area contributed by atoms with Gasteiger partial charge in [-0.25, -0.2) is 0 Å². The van der Waals surface area contributed by atoms with Crippen LogP contribution in [0.3, 0.4) is 0 Å². The van der Waals surface area contributed by atoms with Crippen molar-refractivity contribution >= 4 is 18.2 Å². The van der Waals surface area contributed by atoms with Crippen molar-refractivity contribution < 1.29 is 23.9 Å². The first-order valence-electron chi connectivity index (χ1n) is 9.87. The van der Waals surface area contributed by atoms with Crippen LogP contribution in [0.5, 0.6) is 0 Å². The van der Waals surface area contributed by atoms with Gasteiger partial charge in [0.1, 0.15) is 6.29 Å². The van der Waals surface area contributed by atoms with Crippen LogP contribution < -0.4 is 0 Å². The zero-order chi connectivity index (χ0) is 22.1. The van der Waals surface area contributed by atoms with Crippen molar-refractivity contribution in [3.05, 3.63) is 59.1 Å². The summed E-state index contributed by atoms with van der Waals surface area (Å²) in [5, 5.41) is 0. The molecule has 0 unspecified atom stereocenters. The molecule has 0 atom stereocenters. The Morgan fingerprint density at radius 1 is 0.724 bits per heavy atom. The molecule has 0 spiro atoms. The number of aldehydes is 1. The van der Waals surface area contributed by atoms with Crippen LogP contribution in [0.4, 0.5) is 0 Å². The Hall–Kier alpha value is -2.69. The molecular weight excluding hydrogens is 368 g/mol. The molecule has 5 nitrogen and oxygen atoms in total. The van der Waals surface area contributed by atoms with Gasteiger partial charge in [-0.1, -0.05) is 29.4 Å². The van der Waals surface area contributed by atoms with Crippen LogP contribution in [0.25, 0.3) is 0 Å². The van der Waals surface area contributed by atoms with Gasteiger partial charge in [0.15, 0.2) is 0 Å². The van der Waals surface area contributed by atoms with Crippen molar-refractivity contribution in [3.63, 3.8) is 0 Å². The predicted molar refractivity (Wildman–Crippen MR) is 116 cm³/mol. The van der Waals surface area contributed by atoms with E-state index in [4.69, 9.17) is 9.47 Å². The van der Waals surface area contributed by atoms with Gasteiger partial charge in [-0.05, 0) is 76.5 Å². The van der Waals surface area contributed by atoms with Crippen molar-refractivity contribution in [2.45, 2.75) is 73.1 Å². The lowest BCUT2D eigenvalue weighted by Crippen LogP contribution is -1.94. The van der Waals surface area contributed by atoms with E-state index in [1.807, 2.05) is 6.08 Å². The molecule has 0 aromatic heterocycles. The number of esters is 2. The van der Waals surface area contributed by atoms with Crippen LogP contribution in [-0.4, -0.2) is 18.2 Å². The monoisotopic (exact) mass is 402 g/mol. The van der Waals surface area contributed by atoms with Crippen LogP contribution in [0.1, 0.15) is 73.1 Å². The fraction of sp³-hybridized carbons (Fsp3) is 0.458. The SMILES string of the molecule is CC(=O)O/C=C/C(=C/OC(C)=O)CC/C=C(\C=O)CC/C=C(\C)CCC=C(C)C. The molecule has 29 heavy (non-hydrogen) atoms. The molecule has 0 N–H and O–H groups in total. The van der Waals surface area contributed by atoms with Gasteiger partial charge in [0.2, 0.25) is 0 Å². The third-order valence-corrected chi connectivity index (χ3v) is 3.90. The zero-order valence-corrected chi connectivity index (χ0v) is 18.3. The first kappa shape index (κ1) is 26.3. The van der Waals surface area contributed by atoms with E-state index in [1.165, 1.54) is 37.5 Å². The molecule has 0 radical (unpaired) electrons. The summed E-state index contributed by atoms with van der Waals surface area (Å²) in [4.78, 5) is 33.1. The summed E-state index contributed by atoms with van der Waals surface area (Å²) < 4.78 is 9.65. The molecule has 0 saturated carbocycles. The van der Waals surface area contributed by atoms with E-state index >= 15 is 0 Å². The highest BCUT2D eigenvalue weighted by Crippen LogP contribution is 2.14. The van der Waals surface area contributed by atoms with E-state index < -0.39 is 11.9 Å². The number of carbonyl (C=O) groups is 3. The number of hydrogen-bond acceptors (Lipinski definition) is 5. The zero-order valence-electron chi connectivity index (χ0n) is 18.3. The average molecular weight is 403 g/mol. The van der Waals surface area contributed by atoms with Crippen molar-refractivity contribution in [2.24, 2.45) is 0 Å². The lowest BCUT2D eigenvalue weighted by atomic mass is 10.0. The molecule has 0 aromatic carbocycles. The molecule has 0 aliphatic carbocycles. The highest BCUT2D eigenvalue weighted by atomic mass is 16.5.